The van der Waals surface area contributed by atoms with Gasteiger partial charge in [0.25, 0.3) is 5.91 Å². The van der Waals surface area contributed by atoms with E-state index in [9.17, 15) is 4.79 Å². The Balaban J connectivity index is 1.55. The third-order valence-electron chi connectivity index (χ3n) is 5.87. The summed E-state index contributed by atoms with van der Waals surface area (Å²) in [5, 5.41) is 0. The third kappa shape index (κ3) is 6.11. The first-order chi connectivity index (χ1) is 14.5. The van der Waals surface area contributed by atoms with Gasteiger partial charge in [0.1, 0.15) is 0 Å². The Bertz CT molecular complexity index is 678. The Labute approximate surface area is 181 Å². The molecule has 30 heavy (non-hydrogen) atoms. The second-order valence-electron chi connectivity index (χ2n) is 8.65. The fraction of sp³-hybridized carbons (Fsp3) is 0.708. The fourth-order valence-electron chi connectivity index (χ4n) is 4.54. The van der Waals surface area contributed by atoms with E-state index in [4.69, 9.17) is 14.2 Å². The molecule has 2 atom stereocenters. The highest BCUT2D eigenvalue weighted by atomic mass is 16.5. The predicted molar refractivity (Wildman–Crippen MR) is 118 cm³/mol. The van der Waals surface area contributed by atoms with E-state index in [0.717, 1.165) is 52.0 Å². The van der Waals surface area contributed by atoms with Crippen molar-refractivity contribution in [1.29, 1.82) is 0 Å². The minimum atomic E-state index is 0.0880. The van der Waals surface area contributed by atoms with Crippen LogP contribution in [0.2, 0.25) is 0 Å². The molecule has 0 aromatic heterocycles. The summed E-state index contributed by atoms with van der Waals surface area (Å²) < 4.78 is 17.3. The predicted octanol–water partition coefficient (Wildman–Crippen LogP) is 3.84. The molecule has 1 aromatic carbocycles. The molecule has 2 aliphatic heterocycles. The Morgan fingerprint density at radius 1 is 1.07 bits per heavy atom. The van der Waals surface area contributed by atoms with Crippen LogP contribution in [0.1, 0.15) is 57.3 Å². The SMILES string of the molecule is CCCOc1ccc(C(=O)N2CCC(CN3CC(C)OC(C)C3)CC2)cc1OCC. The number of ether oxygens (including phenoxy) is 3. The molecule has 1 aromatic rings. The highest BCUT2D eigenvalue weighted by Gasteiger charge is 2.28. The van der Waals surface area contributed by atoms with E-state index < -0.39 is 0 Å². The number of carbonyl (C=O) groups excluding carboxylic acids is 1. The topological polar surface area (TPSA) is 51.2 Å². The van der Waals surface area contributed by atoms with E-state index in [1.807, 2.05) is 30.0 Å². The van der Waals surface area contributed by atoms with Crippen molar-refractivity contribution in [2.24, 2.45) is 5.92 Å². The van der Waals surface area contributed by atoms with Crippen LogP contribution in [0.4, 0.5) is 0 Å². The third-order valence-corrected chi connectivity index (χ3v) is 5.87. The number of morpholine rings is 1. The van der Waals surface area contributed by atoms with Crippen molar-refractivity contribution in [2.45, 2.75) is 59.2 Å². The number of carbonyl (C=O) groups is 1. The van der Waals surface area contributed by atoms with Gasteiger partial charge in [-0.25, -0.2) is 0 Å². The van der Waals surface area contributed by atoms with Crippen molar-refractivity contribution < 1.29 is 19.0 Å². The summed E-state index contributed by atoms with van der Waals surface area (Å²) in [4.78, 5) is 17.6. The zero-order valence-electron chi connectivity index (χ0n) is 19.1. The molecule has 168 valence electrons. The summed E-state index contributed by atoms with van der Waals surface area (Å²) in [7, 11) is 0. The normalized spacial score (nSPS) is 23.4. The number of benzene rings is 1. The summed E-state index contributed by atoms with van der Waals surface area (Å²) in [5.74, 6) is 2.10. The van der Waals surface area contributed by atoms with Crippen molar-refractivity contribution in [3.05, 3.63) is 23.8 Å². The van der Waals surface area contributed by atoms with Crippen molar-refractivity contribution >= 4 is 5.91 Å². The van der Waals surface area contributed by atoms with Crippen LogP contribution in [-0.4, -0.2) is 73.9 Å². The number of likely N-dealkylation sites (tertiary alicyclic amines) is 1. The second kappa shape index (κ2) is 11.0. The van der Waals surface area contributed by atoms with Crippen molar-refractivity contribution in [2.75, 3.05) is 45.9 Å². The molecular formula is C24H38N2O4. The van der Waals surface area contributed by atoms with Gasteiger partial charge in [0, 0.05) is 38.3 Å². The first-order valence-electron chi connectivity index (χ1n) is 11.6. The largest absolute Gasteiger partial charge is 0.490 e. The van der Waals surface area contributed by atoms with Crippen LogP contribution in [0.15, 0.2) is 18.2 Å². The minimum Gasteiger partial charge on any atom is -0.490 e. The molecule has 0 saturated carbocycles. The van der Waals surface area contributed by atoms with Gasteiger partial charge in [-0.2, -0.15) is 0 Å². The number of amides is 1. The number of piperidine rings is 1. The average Bonchev–Trinajstić information content (AvgIpc) is 2.72. The molecule has 2 aliphatic rings. The van der Waals surface area contributed by atoms with Gasteiger partial charge in [-0.05, 0) is 64.2 Å². The lowest BCUT2D eigenvalue weighted by Gasteiger charge is -2.39. The van der Waals surface area contributed by atoms with Gasteiger partial charge in [0.2, 0.25) is 0 Å². The van der Waals surface area contributed by atoms with Gasteiger partial charge >= 0.3 is 0 Å². The molecule has 2 unspecified atom stereocenters. The molecule has 0 spiro atoms. The highest BCUT2D eigenvalue weighted by Crippen LogP contribution is 2.30. The van der Waals surface area contributed by atoms with E-state index >= 15 is 0 Å². The minimum absolute atomic E-state index is 0.0880. The standard InChI is InChI=1S/C24H38N2O4/c1-5-13-29-22-8-7-21(14-23(22)28-6-2)24(27)26-11-9-20(10-12-26)17-25-15-18(3)30-19(4)16-25/h7-8,14,18-20H,5-6,9-13,15-17H2,1-4H3. The average molecular weight is 419 g/mol. The van der Waals surface area contributed by atoms with Crippen LogP contribution in [0.3, 0.4) is 0 Å². The molecule has 1 amide bonds. The molecule has 0 bridgehead atoms. The van der Waals surface area contributed by atoms with Crippen LogP contribution >= 0.6 is 0 Å². The fourth-order valence-corrected chi connectivity index (χ4v) is 4.54. The van der Waals surface area contributed by atoms with Gasteiger partial charge in [-0.15, -0.1) is 0 Å². The Morgan fingerprint density at radius 3 is 2.40 bits per heavy atom. The lowest BCUT2D eigenvalue weighted by Crippen LogP contribution is -2.48. The molecule has 0 radical (unpaired) electrons. The van der Waals surface area contributed by atoms with Crippen LogP contribution in [0, 0.1) is 5.92 Å². The molecule has 3 rings (SSSR count). The van der Waals surface area contributed by atoms with Gasteiger partial charge in [0.15, 0.2) is 11.5 Å². The smallest absolute Gasteiger partial charge is 0.253 e. The number of rotatable bonds is 8. The van der Waals surface area contributed by atoms with Gasteiger partial charge in [-0.3, -0.25) is 9.69 Å². The summed E-state index contributed by atoms with van der Waals surface area (Å²) in [6.07, 6.45) is 3.66. The summed E-state index contributed by atoms with van der Waals surface area (Å²) in [6, 6.07) is 5.55. The van der Waals surface area contributed by atoms with Crippen LogP contribution in [-0.2, 0) is 4.74 Å². The molecule has 2 fully saturated rings. The lowest BCUT2D eigenvalue weighted by molar-refractivity contribution is -0.0728. The quantitative estimate of drug-likeness (QED) is 0.642. The summed E-state index contributed by atoms with van der Waals surface area (Å²) >= 11 is 0. The lowest BCUT2D eigenvalue weighted by atomic mass is 9.95. The zero-order chi connectivity index (χ0) is 21.5. The van der Waals surface area contributed by atoms with Gasteiger partial charge in [0.05, 0.1) is 25.4 Å². The van der Waals surface area contributed by atoms with E-state index in [2.05, 4.69) is 25.7 Å². The Hall–Kier alpha value is -1.79. The molecule has 6 nitrogen and oxygen atoms in total. The van der Waals surface area contributed by atoms with E-state index in [-0.39, 0.29) is 5.91 Å². The van der Waals surface area contributed by atoms with E-state index in [1.165, 1.54) is 0 Å². The first kappa shape index (κ1) is 22.9. The van der Waals surface area contributed by atoms with Crippen molar-refractivity contribution in [1.82, 2.24) is 9.80 Å². The maximum atomic E-state index is 13.1. The highest BCUT2D eigenvalue weighted by molar-refractivity contribution is 5.95. The summed E-state index contributed by atoms with van der Waals surface area (Å²) in [5.41, 5.74) is 0.677. The molecule has 0 aliphatic carbocycles. The molecule has 0 N–H and O–H groups in total. The van der Waals surface area contributed by atoms with Crippen LogP contribution < -0.4 is 9.47 Å². The zero-order valence-corrected chi connectivity index (χ0v) is 19.1. The van der Waals surface area contributed by atoms with Crippen LogP contribution in [0.5, 0.6) is 11.5 Å². The number of hydrogen-bond acceptors (Lipinski definition) is 5. The van der Waals surface area contributed by atoms with Crippen molar-refractivity contribution in [3.63, 3.8) is 0 Å². The van der Waals surface area contributed by atoms with E-state index in [0.29, 0.717) is 48.4 Å². The number of hydrogen-bond donors (Lipinski definition) is 0. The number of nitrogens with zero attached hydrogens (tertiary/aromatic N) is 2. The maximum Gasteiger partial charge on any atom is 0.253 e. The molecule has 6 heteroatoms. The molecule has 2 saturated heterocycles. The Morgan fingerprint density at radius 2 is 1.77 bits per heavy atom. The van der Waals surface area contributed by atoms with Gasteiger partial charge in [-0.1, -0.05) is 6.92 Å². The molecule has 2 heterocycles. The molecular weight excluding hydrogens is 380 g/mol. The first-order valence-corrected chi connectivity index (χ1v) is 11.6. The second-order valence-corrected chi connectivity index (χ2v) is 8.65. The van der Waals surface area contributed by atoms with Crippen LogP contribution in [0.25, 0.3) is 0 Å². The summed E-state index contributed by atoms with van der Waals surface area (Å²) in [6.45, 7) is 14.3. The Kier molecular flexibility index (Phi) is 8.40. The van der Waals surface area contributed by atoms with Gasteiger partial charge < -0.3 is 19.1 Å². The monoisotopic (exact) mass is 418 g/mol. The maximum absolute atomic E-state index is 13.1. The van der Waals surface area contributed by atoms with E-state index in [1.54, 1.807) is 0 Å². The van der Waals surface area contributed by atoms with Crippen molar-refractivity contribution in [3.8, 4) is 11.5 Å².